The maximum Gasteiger partial charge on any atom is 0.387 e. The fourth-order valence-corrected chi connectivity index (χ4v) is 2.40. The van der Waals surface area contributed by atoms with Crippen molar-refractivity contribution in [2.24, 2.45) is 0 Å². The molecule has 0 bridgehead atoms. The van der Waals surface area contributed by atoms with Crippen molar-refractivity contribution in [1.82, 2.24) is 0 Å². The molecule has 0 aliphatic heterocycles. The van der Waals surface area contributed by atoms with Crippen molar-refractivity contribution in [1.29, 1.82) is 0 Å². The summed E-state index contributed by atoms with van der Waals surface area (Å²) in [5.41, 5.74) is 0. The first-order valence-corrected chi connectivity index (χ1v) is 5.26. The second-order valence-corrected chi connectivity index (χ2v) is 4.29. The zero-order valence-electron chi connectivity index (χ0n) is 6.03. The van der Waals surface area contributed by atoms with E-state index in [4.69, 9.17) is 0 Å². The Hall–Kier alpha value is 0.270. The van der Waals surface area contributed by atoms with E-state index >= 15 is 0 Å². The third-order valence-corrected chi connectivity index (χ3v) is 3.06. The Bertz CT molecular complexity index is 317. The smallest absolute Gasteiger partial charge is 0.387 e. The second-order valence-electron chi connectivity index (χ2n) is 2.05. The van der Waals surface area contributed by atoms with E-state index in [2.05, 4.69) is 4.74 Å². The molecule has 0 aromatic heterocycles. The van der Waals surface area contributed by atoms with Gasteiger partial charge in [0.1, 0.15) is 5.82 Å². The number of benzene rings is 1. The molecular weight excluding hydrogens is 411 g/mol. The molecule has 1 aromatic rings. The summed E-state index contributed by atoms with van der Waals surface area (Å²) in [4.78, 5) is 0. The Balaban J connectivity index is 3.10. The molecule has 1 nitrogen and oxygen atoms in total. The van der Waals surface area contributed by atoms with Gasteiger partial charge in [0, 0.05) is 0 Å². The molecule has 0 aliphatic rings. The van der Waals surface area contributed by atoms with Crippen molar-refractivity contribution in [3.8, 4) is 5.75 Å². The highest BCUT2D eigenvalue weighted by Gasteiger charge is 2.14. The minimum atomic E-state index is -2.93. The number of rotatable bonds is 2. The number of ether oxygens (including phenoxy) is 1. The number of alkyl halides is 2. The van der Waals surface area contributed by atoms with Gasteiger partial charge in [0.15, 0.2) is 5.75 Å². The van der Waals surface area contributed by atoms with Crippen LogP contribution >= 0.6 is 45.2 Å². The monoisotopic (exact) mass is 414 g/mol. The molecule has 0 saturated carbocycles. The van der Waals surface area contributed by atoms with Gasteiger partial charge in [0.25, 0.3) is 0 Å². The van der Waals surface area contributed by atoms with Gasteiger partial charge in [0.2, 0.25) is 0 Å². The average Bonchev–Trinajstić information content (AvgIpc) is 2.05. The zero-order valence-corrected chi connectivity index (χ0v) is 10.3. The Morgan fingerprint density at radius 3 is 2.38 bits per heavy atom. The lowest BCUT2D eigenvalue weighted by Gasteiger charge is -2.08. The topological polar surface area (TPSA) is 9.23 Å². The van der Waals surface area contributed by atoms with Crippen LogP contribution < -0.4 is 4.74 Å². The van der Waals surface area contributed by atoms with Gasteiger partial charge >= 0.3 is 6.61 Å². The van der Waals surface area contributed by atoms with Crippen LogP contribution in [-0.4, -0.2) is 6.61 Å². The van der Waals surface area contributed by atoms with E-state index in [0.717, 1.165) is 0 Å². The first-order valence-electron chi connectivity index (χ1n) is 3.10. The van der Waals surface area contributed by atoms with Crippen LogP contribution in [0.5, 0.6) is 5.75 Å². The summed E-state index contributed by atoms with van der Waals surface area (Å²) < 4.78 is 41.3. The highest BCUT2D eigenvalue weighted by Crippen LogP contribution is 2.30. The van der Waals surface area contributed by atoms with Crippen LogP contribution in [0.15, 0.2) is 12.1 Å². The van der Waals surface area contributed by atoms with E-state index in [1.54, 1.807) is 45.2 Å². The van der Waals surface area contributed by atoms with Crippen LogP contribution in [0.4, 0.5) is 13.2 Å². The molecule has 0 atom stereocenters. The fraction of sp³-hybridized carbons (Fsp3) is 0.143. The van der Waals surface area contributed by atoms with Crippen molar-refractivity contribution in [3.05, 3.63) is 25.1 Å². The molecule has 1 aromatic carbocycles. The molecule has 0 fully saturated rings. The Morgan fingerprint density at radius 2 is 1.85 bits per heavy atom. The molecule has 0 unspecified atom stereocenters. The summed E-state index contributed by atoms with van der Waals surface area (Å²) >= 11 is 3.43. The van der Waals surface area contributed by atoms with E-state index in [0.29, 0.717) is 3.57 Å². The molecule has 13 heavy (non-hydrogen) atoms. The largest absolute Gasteiger partial charge is 0.432 e. The van der Waals surface area contributed by atoms with Crippen LogP contribution in [0, 0.1) is 13.0 Å². The second kappa shape index (κ2) is 4.67. The Morgan fingerprint density at radius 1 is 1.23 bits per heavy atom. The minimum absolute atomic E-state index is 0.0739. The molecule has 0 amide bonds. The Kier molecular flexibility index (Phi) is 4.07. The van der Waals surface area contributed by atoms with Crippen LogP contribution in [-0.2, 0) is 0 Å². The van der Waals surface area contributed by atoms with E-state index in [1.165, 1.54) is 12.1 Å². The molecule has 0 aliphatic carbocycles. The standard InChI is InChI=1S/C7H3F3I2O/c8-3-1-2-4(11)6(5(3)12)13-7(9)10/h1-2,7H. The van der Waals surface area contributed by atoms with Gasteiger partial charge in [-0.2, -0.15) is 8.78 Å². The molecular formula is C7H3F3I2O. The Labute approximate surface area is 99.9 Å². The summed E-state index contributed by atoms with van der Waals surface area (Å²) in [5, 5.41) is 0. The lowest BCUT2D eigenvalue weighted by molar-refractivity contribution is -0.0512. The predicted octanol–water partition coefficient (Wildman–Crippen LogP) is 3.64. The summed E-state index contributed by atoms with van der Waals surface area (Å²) in [6.45, 7) is -2.93. The molecule has 6 heteroatoms. The SMILES string of the molecule is Fc1ccc(I)c(OC(F)F)c1I. The fourth-order valence-electron chi connectivity index (χ4n) is 0.706. The van der Waals surface area contributed by atoms with Gasteiger partial charge in [0.05, 0.1) is 7.14 Å². The molecule has 0 radical (unpaired) electrons. The first kappa shape index (κ1) is 11.3. The molecule has 0 N–H and O–H groups in total. The van der Waals surface area contributed by atoms with Crippen LogP contribution in [0.1, 0.15) is 0 Å². The van der Waals surface area contributed by atoms with E-state index in [-0.39, 0.29) is 9.32 Å². The number of halogens is 5. The quantitative estimate of drug-likeness (QED) is 0.531. The first-order chi connectivity index (χ1) is 6.02. The summed E-state index contributed by atoms with van der Waals surface area (Å²) in [6.07, 6.45) is 0. The maximum absolute atomic E-state index is 12.9. The zero-order chi connectivity index (χ0) is 10.0. The van der Waals surface area contributed by atoms with E-state index in [1.807, 2.05) is 0 Å². The van der Waals surface area contributed by atoms with Gasteiger partial charge in [-0.3, -0.25) is 0 Å². The van der Waals surface area contributed by atoms with E-state index in [9.17, 15) is 13.2 Å². The molecule has 72 valence electrons. The lowest BCUT2D eigenvalue weighted by Crippen LogP contribution is -2.05. The van der Waals surface area contributed by atoms with Crippen molar-refractivity contribution < 1.29 is 17.9 Å². The predicted molar refractivity (Wildman–Crippen MR) is 58.5 cm³/mol. The summed E-state index contributed by atoms with van der Waals surface area (Å²) in [6, 6.07) is 2.59. The van der Waals surface area contributed by atoms with Crippen LogP contribution in [0.3, 0.4) is 0 Å². The van der Waals surface area contributed by atoms with E-state index < -0.39 is 12.4 Å². The molecule has 0 saturated heterocycles. The maximum atomic E-state index is 12.9. The lowest BCUT2D eigenvalue weighted by atomic mass is 10.3. The molecule has 0 spiro atoms. The highest BCUT2D eigenvalue weighted by molar-refractivity contribution is 14.1. The van der Waals surface area contributed by atoms with Gasteiger partial charge in [-0.1, -0.05) is 0 Å². The summed E-state index contributed by atoms with van der Waals surface area (Å²) in [5.74, 6) is -0.659. The normalized spacial score (nSPS) is 10.6. The van der Waals surface area contributed by atoms with Crippen molar-refractivity contribution in [2.45, 2.75) is 6.61 Å². The van der Waals surface area contributed by atoms with Crippen molar-refractivity contribution in [2.75, 3.05) is 0 Å². The highest BCUT2D eigenvalue weighted by atomic mass is 127. The van der Waals surface area contributed by atoms with Crippen molar-refractivity contribution >= 4 is 45.2 Å². The molecule has 1 rings (SSSR count). The number of hydrogen-bond donors (Lipinski definition) is 0. The van der Waals surface area contributed by atoms with Gasteiger partial charge in [-0.15, -0.1) is 0 Å². The third kappa shape index (κ3) is 2.86. The van der Waals surface area contributed by atoms with Crippen LogP contribution in [0.2, 0.25) is 0 Å². The molecule has 0 heterocycles. The summed E-state index contributed by atoms with van der Waals surface area (Å²) in [7, 11) is 0. The number of hydrogen-bond acceptors (Lipinski definition) is 1. The van der Waals surface area contributed by atoms with Crippen LogP contribution in [0.25, 0.3) is 0 Å². The van der Waals surface area contributed by atoms with Gasteiger partial charge < -0.3 is 4.74 Å². The third-order valence-electron chi connectivity index (χ3n) is 1.21. The van der Waals surface area contributed by atoms with Crippen molar-refractivity contribution in [3.63, 3.8) is 0 Å². The minimum Gasteiger partial charge on any atom is -0.432 e. The average molecular weight is 414 g/mol. The van der Waals surface area contributed by atoms with Gasteiger partial charge in [-0.05, 0) is 57.3 Å². The van der Waals surface area contributed by atoms with Gasteiger partial charge in [-0.25, -0.2) is 4.39 Å².